The van der Waals surface area contributed by atoms with Crippen LogP contribution in [-0.4, -0.2) is 21.7 Å². The predicted molar refractivity (Wildman–Crippen MR) is 117 cm³/mol. The molecule has 0 radical (unpaired) electrons. The smallest absolute Gasteiger partial charge is 0.256 e. The van der Waals surface area contributed by atoms with Gasteiger partial charge in [-0.1, -0.05) is 34.1 Å². The van der Waals surface area contributed by atoms with Crippen LogP contribution in [0.25, 0.3) is 22.3 Å². The first-order valence-corrected chi connectivity index (χ1v) is 9.74. The molecule has 0 saturated heterocycles. The lowest BCUT2D eigenvalue weighted by Gasteiger charge is -2.11. The van der Waals surface area contributed by atoms with E-state index in [4.69, 9.17) is 0 Å². The quantitative estimate of drug-likeness (QED) is 0.420. The third kappa shape index (κ3) is 4.07. The summed E-state index contributed by atoms with van der Waals surface area (Å²) in [6.45, 7) is 1.49. The maximum atomic E-state index is 13.1. The van der Waals surface area contributed by atoms with Gasteiger partial charge >= 0.3 is 0 Å². The number of carbonyl (C=O) groups is 2. The largest absolute Gasteiger partial charge is 0.322 e. The lowest BCUT2D eigenvalue weighted by atomic mass is 10.0. The summed E-state index contributed by atoms with van der Waals surface area (Å²) in [5.74, 6) is -0.342. The Hall–Kier alpha value is -3.38. The van der Waals surface area contributed by atoms with Crippen molar-refractivity contribution in [2.45, 2.75) is 6.92 Å². The first-order valence-electron chi connectivity index (χ1n) is 8.95. The number of hydrogen-bond acceptors (Lipinski definition) is 4. The van der Waals surface area contributed by atoms with Crippen LogP contribution in [0.2, 0.25) is 0 Å². The molecule has 0 aliphatic rings. The Morgan fingerprint density at radius 2 is 1.79 bits per heavy atom. The van der Waals surface area contributed by atoms with Gasteiger partial charge in [0.25, 0.3) is 5.91 Å². The molecular weight excluding hydrogens is 430 g/mol. The molecule has 0 aliphatic carbocycles. The molecule has 1 amide bonds. The van der Waals surface area contributed by atoms with E-state index in [0.717, 1.165) is 9.86 Å². The van der Waals surface area contributed by atoms with Gasteiger partial charge in [-0.3, -0.25) is 14.6 Å². The molecule has 0 bridgehead atoms. The molecule has 1 N–H and O–H groups in total. The third-order valence-corrected chi connectivity index (χ3v) is 4.96. The summed E-state index contributed by atoms with van der Waals surface area (Å²) in [6, 6.07) is 19.8. The van der Waals surface area contributed by atoms with Crippen LogP contribution in [0.1, 0.15) is 27.6 Å². The zero-order chi connectivity index (χ0) is 20.4. The van der Waals surface area contributed by atoms with E-state index < -0.39 is 0 Å². The van der Waals surface area contributed by atoms with E-state index in [1.54, 1.807) is 36.5 Å². The van der Waals surface area contributed by atoms with Crippen molar-refractivity contribution >= 4 is 44.2 Å². The number of anilines is 1. The van der Waals surface area contributed by atoms with Gasteiger partial charge in [-0.2, -0.15) is 0 Å². The molecule has 2 aromatic carbocycles. The van der Waals surface area contributed by atoms with E-state index in [9.17, 15) is 9.59 Å². The number of Topliss-reactive ketones (excluding diaryl/α,β-unsaturated/α-hetero) is 1. The lowest BCUT2D eigenvalue weighted by molar-refractivity contribution is 0.101. The topological polar surface area (TPSA) is 72.0 Å². The van der Waals surface area contributed by atoms with Gasteiger partial charge in [-0.05, 0) is 55.5 Å². The number of nitrogens with zero attached hydrogens (tertiary/aromatic N) is 2. The molecule has 0 unspecified atom stereocenters. The minimum absolute atomic E-state index is 0.0585. The van der Waals surface area contributed by atoms with Crippen LogP contribution in [0.15, 0.2) is 77.4 Å². The highest BCUT2D eigenvalue weighted by Gasteiger charge is 2.15. The second kappa shape index (κ2) is 7.93. The van der Waals surface area contributed by atoms with Crippen LogP contribution in [0.3, 0.4) is 0 Å². The standard InChI is InChI=1S/C23H16BrN3O2/c1-14(28)15-5-4-6-17(11-15)26-23(29)19-13-22(21-7-2-3-10-25-21)27-20-9-8-16(24)12-18(19)20/h2-13H,1H3,(H,26,29). The minimum atomic E-state index is -0.284. The summed E-state index contributed by atoms with van der Waals surface area (Å²) >= 11 is 3.46. The van der Waals surface area contributed by atoms with Crippen molar-refractivity contribution < 1.29 is 9.59 Å². The lowest BCUT2D eigenvalue weighted by Crippen LogP contribution is -2.13. The van der Waals surface area contributed by atoms with E-state index in [1.807, 2.05) is 36.4 Å². The fourth-order valence-electron chi connectivity index (χ4n) is 3.05. The minimum Gasteiger partial charge on any atom is -0.322 e. The Balaban J connectivity index is 1.80. The van der Waals surface area contributed by atoms with Gasteiger partial charge < -0.3 is 5.32 Å². The van der Waals surface area contributed by atoms with Crippen molar-refractivity contribution in [3.63, 3.8) is 0 Å². The van der Waals surface area contributed by atoms with Gasteiger partial charge in [0.05, 0.1) is 22.5 Å². The fourth-order valence-corrected chi connectivity index (χ4v) is 3.41. The van der Waals surface area contributed by atoms with Crippen molar-refractivity contribution in [1.29, 1.82) is 0 Å². The van der Waals surface area contributed by atoms with Crippen LogP contribution in [0, 0.1) is 0 Å². The Morgan fingerprint density at radius 3 is 2.55 bits per heavy atom. The number of halogens is 1. The summed E-state index contributed by atoms with van der Waals surface area (Å²) in [5.41, 5.74) is 3.57. The van der Waals surface area contributed by atoms with Crippen molar-refractivity contribution in [3.05, 3.63) is 88.5 Å². The van der Waals surface area contributed by atoms with Crippen LogP contribution in [0.5, 0.6) is 0 Å². The molecule has 2 aromatic heterocycles. The zero-order valence-electron chi connectivity index (χ0n) is 15.5. The van der Waals surface area contributed by atoms with Crippen molar-refractivity contribution in [1.82, 2.24) is 9.97 Å². The Labute approximate surface area is 176 Å². The van der Waals surface area contributed by atoms with Gasteiger partial charge in [-0.15, -0.1) is 0 Å². The number of benzene rings is 2. The van der Waals surface area contributed by atoms with Crippen LogP contribution in [0.4, 0.5) is 5.69 Å². The van der Waals surface area contributed by atoms with Gasteiger partial charge in [0.1, 0.15) is 0 Å². The van der Waals surface area contributed by atoms with Crippen molar-refractivity contribution in [3.8, 4) is 11.4 Å². The summed E-state index contributed by atoms with van der Waals surface area (Å²) in [6.07, 6.45) is 1.69. The van der Waals surface area contributed by atoms with E-state index in [0.29, 0.717) is 33.7 Å². The molecule has 4 aromatic rings. The Morgan fingerprint density at radius 1 is 0.931 bits per heavy atom. The van der Waals surface area contributed by atoms with Crippen LogP contribution in [-0.2, 0) is 0 Å². The predicted octanol–water partition coefficient (Wildman–Crippen LogP) is 5.51. The van der Waals surface area contributed by atoms with E-state index in [-0.39, 0.29) is 11.7 Å². The van der Waals surface area contributed by atoms with E-state index in [1.165, 1.54) is 6.92 Å². The highest BCUT2D eigenvalue weighted by molar-refractivity contribution is 9.10. The maximum absolute atomic E-state index is 13.1. The van der Waals surface area contributed by atoms with Gasteiger partial charge in [0.15, 0.2) is 5.78 Å². The molecule has 0 aliphatic heterocycles. The average molecular weight is 446 g/mol. The SMILES string of the molecule is CC(=O)c1cccc(NC(=O)c2cc(-c3ccccn3)nc3ccc(Br)cc23)c1. The molecule has 0 spiro atoms. The second-order valence-corrected chi connectivity index (χ2v) is 7.44. The third-order valence-electron chi connectivity index (χ3n) is 4.47. The summed E-state index contributed by atoms with van der Waals surface area (Å²) < 4.78 is 0.852. The molecule has 4 rings (SSSR count). The highest BCUT2D eigenvalue weighted by atomic mass is 79.9. The van der Waals surface area contributed by atoms with Crippen molar-refractivity contribution in [2.24, 2.45) is 0 Å². The number of aromatic nitrogens is 2. The molecule has 0 atom stereocenters. The second-order valence-electron chi connectivity index (χ2n) is 6.52. The zero-order valence-corrected chi connectivity index (χ0v) is 17.1. The van der Waals surface area contributed by atoms with E-state index in [2.05, 4.69) is 31.2 Å². The summed E-state index contributed by atoms with van der Waals surface area (Å²) in [7, 11) is 0. The normalized spacial score (nSPS) is 10.7. The first-order chi connectivity index (χ1) is 14.0. The first kappa shape index (κ1) is 19.0. The number of rotatable bonds is 4. The highest BCUT2D eigenvalue weighted by Crippen LogP contribution is 2.27. The van der Waals surface area contributed by atoms with Crippen LogP contribution >= 0.6 is 15.9 Å². The molecule has 0 saturated carbocycles. The number of carbonyl (C=O) groups excluding carboxylic acids is 2. The number of amides is 1. The molecular formula is C23H16BrN3O2. The van der Waals surface area contributed by atoms with Crippen LogP contribution < -0.4 is 5.32 Å². The monoisotopic (exact) mass is 445 g/mol. The summed E-state index contributed by atoms with van der Waals surface area (Å²) in [5, 5.41) is 3.61. The number of fused-ring (bicyclic) bond motifs is 1. The van der Waals surface area contributed by atoms with Gasteiger partial charge in [-0.25, -0.2) is 4.98 Å². The molecule has 29 heavy (non-hydrogen) atoms. The maximum Gasteiger partial charge on any atom is 0.256 e. The fraction of sp³-hybridized carbons (Fsp3) is 0.0435. The average Bonchev–Trinajstić information content (AvgIpc) is 2.73. The number of nitrogens with one attached hydrogen (secondary N) is 1. The van der Waals surface area contributed by atoms with Crippen molar-refractivity contribution in [2.75, 3.05) is 5.32 Å². The Bertz CT molecular complexity index is 1240. The number of hydrogen-bond donors (Lipinski definition) is 1. The Kier molecular flexibility index (Phi) is 5.18. The van der Waals surface area contributed by atoms with Gasteiger partial charge in [0.2, 0.25) is 0 Å². The molecule has 5 nitrogen and oxygen atoms in total. The van der Waals surface area contributed by atoms with E-state index >= 15 is 0 Å². The summed E-state index contributed by atoms with van der Waals surface area (Å²) in [4.78, 5) is 33.8. The molecule has 6 heteroatoms. The number of ketones is 1. The number of pyridine rings is 2. The molecule has 0 fully saturated rings. The van der Waals surface area contributed by atoms with Gasteiger partial charge in [0, 0.05) is 27.3 Å². The molecule has 2 heterocycles. The molecule has 142 valence electrons.